The largest absolute Gasteiger partial charge is 0.394 e. The second-order valence-electron chi connectivity index (χ2n) is 11.8. The Morgan fingerprint density at radius 1 is 1.14 bits per heavy atom. The molecule has 3 fully saturated rings. The standard InChI is InChI=1S/C26H40O9/c1-5-24(2)7-6-14-13(9-24)15(28)8-18-25(14,3)10-16(29)22(33)26(18,4)12-34-23-21(32)20(31)19(30)17(11-27)35-23/h5,9,14,16-23,27,29-33H,1,6-8,10-12H2,2-4H3. The molecular weight excluding hydrogens is 456 g/mol. The van der Waals surface area contributed by atoms with Gasteiger partial charge in [-0.1, -0.05) is 32.9 Å². The van der Waals surface area contributed by atoms with Crippen molar-refractivity contribution in [3.63, 3.8) is 0 Å². The molecule has 1 saturated heterocycles. The van der Waals surface area contributed by atoms with Crippen molar-refractivity contribution in [2.24, 2.45) is 28.1 Å². The lowest BCUT2D eigenvalue weighted by atomic mass is 9.44. The lowest BCUT2D eigenvalue weighted by Crippen LogP contribution is -2.65. The van der Waals surface area contributed by atoms with Gasteiger partial charge in [0.15, 0.2) is 12.1 Å². The van der Waals surface area contributed by atoms with Gasteiger partial charge in [0.1, 0.15) is 24.4 Å². The summed E-state index contributed by atoms with van der Waals surface area (Å²) in [4.78, 5) is 13.4. The Morgan fingerprint density at radius 2 is 1.83 bits per heavy atom. The van der Waals surface area contributed by atoms with Crippen LogP contribution in [0, 0.1) is 28.1 Å². The van der Waals surface area contributed by atoms with Gasteiger partial charge in [-0.3, -0.25) is 4.79 Å². The third-order valence-electron chi connectivity index (χ3n) is 9.49. The predicted octanol–water partition coefficient (Wildman–Crippen LogP) is 0.0587. The average molecular weight is 497 g/mol. The molecule has 12 unspecified atom stereocenters. The first-order chi connectivity index (χ1) is 16.3. The van der Waals surface area contributed by atoms with Crippen LogP contribution in [-0.4, -0.2) is 92.5 Å². The fraction of sp³-hybridized carbons (Fsp3) is 0.808. The van der Waals surface area contributed by atoms with E-state index in [0.717, 1.165) is 18.4 Å². The van der Waals surface area contributed by atoms with Crippen LogP contribution in [0.25, 0.3) is 0 Å². The molecule has 3 aliphatic carbocycles. The van der Waals surface area contributed by atoms with Gasteiger partial charge < -0.3 is 40.1 Å². The number of ether oxygens (including phenoxy) is 2. The van der Waals surface area contributed by atoms with E-state index in [1.807, 2.05) is 12.2 Å². The van der Waals surface area contributed by atoms with Crippen molar-refractivity contribution in [3.8, 4) is 0 Å². The van der Waals surface area contributed by atoms with Gasteiger partial charge in [-0.2, -0.15) is 0 Å². The van der Waals surface area contributed by atoms with E-state index in [1.165, 1.54) is 0 Å². The van der Waals surface area contributed by atoms with Crippen molar-refractivity contribution < 1.29 is 44.9 Å². The molecule has 0 spiro atoms. The van der Waals surface area contributed by atoms with E-state index in [4.69, 9.17) is 9.47 Å². The number of hydrogen-bond acceptors (Lipinski definition) is 9. The average Bonchev–Trinajstić information content (AvgIpc) is 2.83. The molecule has 9 heteroatoms. The zero-order valence-corrected chi connectivity index (χ0v) is 20.7. The first-order valence-electron chi connectivity index (χ1n) is 12.5. The summed E-state index contributed by atoms with van der Waals surface area (Å²) < 4.78 is 11.3. The molecule has 0 aromatic heterocycles. The van der Waals surface area contributed by atoms with Crippen molar-refractivity contribution in [2.75, 3.05) is 13.2 Å². The molecule has 6 N–H and O–H groups in total. The summed E-state index contributed by atoms with van der Waals surface area (Å²) in [6.07, 6.45) is -3.37. The summed E-state index contributed by atoms with van der Waals surface area (Å²) in [5.41, 5.74) is -1.02. The molecule has 4 aliphatic rings. The Morgan fingerprint density at radius 3 is 2.46 bits per heavy atom. The van der Waals surface area contributed by atoms with Gasteiger partial charge in [-0.25, -0.2) is 0 Å². The molecular formula is C26H40O9. The van der Waals surface area contributed by atoms with Crippen LogP contribution in [0.1, 0.15) is 46.5 Å². The van der Waals surface area contributed by atoms with E-state index in [-0.39, 0.29) is 36.1 Å². The fourth-order valence-corrected chi connectivity index (χ4v) is 7.17. The Hall–Kier alpha value is -1.17. The Kier molecular flexibility index (Phi) is 7.14. The highest BCUT2D eigenvalue weighted by Crippen LogP contribution is 2.63. The molecule has 2 saturated carbocycles. The maximum atomic E-state index is 13.4. The number of rotatable bonds is 5. The smallest absolute Gasteiger partial charge is 0.186 e. The van der Waals surface area contributed by atoms with Crippen molar-refractivity contribution in [3.05, 3.63) is 24.3 Å². The van der Waals surface area contributed by atoms with Crippen LogP contribution in [0.3, 0.4) is 0 Å². The number of carbonyl (C=O) groups is 1. The number of carbonyl (C=O) groups excluding carboxylic acids is 1. The predicted molar refractivity (Wildman–Crippen MR) is 125 cm³/mol. The van der Waals surface area contributed by atoms with Gasteiger partial charge in [0.25, 0.3) is 0 Å². The molecule has 35 heavy (non-hydrogen) atoms. The van der Waals surface area contributed by atoms with Crippen molar-refractivity contribution in [1.29, 1.82) is 0 Å². The number of fused-ring (bicyclic) bond motifs is 3. The van der Waals surface area contributed by atoms with Crippen LogP contribution in [0.2, 0.25) is 0 Å². The number of aliphatic hydroxyl groups is 6. The number of ketones is 1. The summed E-state index contributed by atoms with van der Waals surface area (Å²) in [6.45, 7) is 9.08. The number of aliphatic hydroxyl groups excluding tert-OH is 6. The molecule has 0 amide bonds. The molecule has 1 aliphatic heterocycles. The molecule has 9 nitrogen and oxygen atoms in total. The highest BCUT2D eigenvalue weighted by Gasteiger charge is 2.63. The minimum Gasteiger partial charge on any atom is -0.394 e. The van der Waals surface area contributed by atoms with E-state index < -0.39 is 60.4 Å². The molecule has 0 aromatic carbocycles. The highest BCUT2D eigenvalue weighted by atomic mass is 16.7. The second kappa shape index (κ2) is 9.29. The van der Waals surface area contributed by atoms with Gasteiger partial charge in [0, 0.05) is 17.3 Å². The first-order valence-corrected chi connectivity index (χ1v) is 12.5. The quantitative estimate of drug-likeness (QED) is 0.290. The normalized spacial score (nSPS) is 52.3. The number of hydrogen-bond donors (Lipinski definition) is 6. The zero-order chi connectivity index (χ0) is 25.9. The first kappa shape index (κ1) is 26.9. The van der Waals surface area contributed by atoms with Crippen LogP contribution < -0.4 is 0 Å². The van der Waals surface area contributed by atoms with Crippen LogP contribution in [0.5, 0.6) is 0 Å². The van der Waals surface area contributed by atoms with Crippen LogP contribution in [0.15, 0.2) is 24.3 Å². The van der Waals surface area contributed by atoms with E-state index in [0.29, 0.717) is 6.42 Å². The second-order valence-corrected chi connectivity index (χ2v) is 11.8. The van der Waals surface area contributed by atoms with Crippen LogP contribution in [-0.2, 0) is 14.3 Å². The summed E-state index contributed by atoms with van der Waals surface area (Å²) in [6, 6.07) is 0. The molecule has 0 aromatic rings. The maximum absolute atomic E-state index is 13.4. The molecule has 198 valence electrons. The van der Waals surface area contributed by atoms with Crippen molar-refractivity contribution in [1.82, 2.24) is 0 Å². The number of Topliss-reactive ketones (excluding diaryl/α,β-unsaturated/α-hetero) is 1. The zero-order valence-electron chi connectivity index (χ0n) is 20.7. The fourth-order valence-electron chi connectivity index (χ4n) is 7.17. The summed E-state index contributed by atoms with van der Waals surface area (Å²) >= 11 is 0. The minimum atomic E-state index is -1.59. The topological polar surface area (TPSA) is 157 Å². The van der Waals surface area contributed by atoms with Crippen molar-refractivity contribution in [2.45, 2.75) is 89.4 Å². The van der Waals surface area contributed by atoms with Gasteiger partial charge in [-0.15, -0.1) is 6.58 Å². The van der Waals surface area contributed by atoms with Gasteiger partial charge in [0.2, 0.25) is 0 Å². The van der Waals surface area contributed by atoms with E-state index >= 15 is 0 Å². The Balaban J connectivity index is 1.62. The lowest BCUT2D eigenvalue weighted by molar-refractivity contribution is -0.315. The van der Waals surface area contributed by atoms with Crippen LogP contribution in [0.4, 0.5) is 0 Å². The Labute approximate surface area is 206 Å². The third-order valence-corrected chi connectivity index (χ3v) is 9.49. The van der Waals surface area contributed by atoms with E-state index in [2.05, 4.69) is 20.4 Å². The van der Waals surface area contributed by atoms with Crippen molar-refractivity contribution >= 4 is 5.78 Å². The molecule has 4 rings (SSSR count). The summed E-state index contributed by atoms with van der Waals surface area (Å²) in [5, 5.41) is 62.1. The maximum Gasteiger partial charge on any atom is 0.186 e. The highest BCUT2D eigenvalue weighted by molar-refractivity contribution is 5.97. The van der Waals surface area contributed by atoms with Gasteiger partial charge in [-0.05, 0) is 42.1 Å². The summed E-state index contributed by atoms with van der Waals surface area (Å²) in [7, 11) is 0. The molecule has 1 heterocycles. The SMILES string of the molecule is C=CC1(C)C=C2C(=O)CC3C(C)(CC(O)C(O)C3(C)COC3OC(CO)C(O)C(O)C3O)C2CC1. The Bertz CT molecular complexity index is 873. The number of allylic oxidation sites excluding steroid dienone is 3. The molecule has 0 bridgehead atoms. The monoisotopic (exact) mass is 496 g/mol. The minimum absolute atomic E-state index is 0.0212. The van der Waals surface area contributed by atoms with E-state index in [9.17, 15) is 35.4 Å². The molecule has 0 radical (unpaired) electrons. The van der Waals surface area contributed by atoms with Gasteiger partial charge in [0.05, 0.1) is 25.4 Å². The molecule has 12 atom stereocenters. The summed E-state index contributed by atoms with van der Waals surface area (Å²) in [5.74, 6) is -0.371. The third kappa shape index (κ3) is 4.24. The lowest BCUT2D eigenvalue weighted by Gasteiger charge is -2.62. The van der Waals surface area contributed by atoms with Crippen LogP contribution >= 0.6 is 0 Å². The van der Waals surface area contributed by atoms with Gasteiger partial charge >= 0.3 is 0 Å². The van der Waals surface area contributed by atoms with E-state index in [1.54, 1.807) is 6.92 Å².